The van der Waals surface area contributed by atoms with Crippen LogP contribution in [0.2, 0.25) is 10.0 Å². The average molecular weight is 418 g/mol. The Labute approximate surface area is 174 Å². The van der Waals surface area contributed by atoms with E-state index in [1.54, 1.807) is 60.6 Å². The van der Waals surface area contributed by atoms with Crippen molar-refractivity contribution in [1.29, 1.82) is 0 Å². The summed E-state index contributed by atoms with van der Waals surface area (Å²) in [5.41, 5.74) is 1.46. The van der Waals surface area contributed by atoms with Gasteiger partial charge in [-0.05, 0) is 66.9 Å². The first kappa shape index (κ1) is 20.4. The largest absolute Gasteiger partial charge is 0.497 e. The first-order valence-corrected chi connectivity index (χ1v) is 9.83. The highest BCUT2D eigenvalue weighted by atomic mass is 35.5. The Morgan fingerprint density at radius 2 is 1.64 bits per heavy atom. The lowest BCUT2D eigenvalue weighted by Crippen LogP contribution is -2.39. The molecule has 0 saturated carbocycles. The van der Waals surface area contributed by atoms with Crippen molar-refractivity contribution in [3.05, 3.63) is 69.7 Å². The molecule has 0 atom stereocenters. The minimum Gasteiger partial charge on any atom is -0.497 e. The van der Waals surface area contributed by atoms with Gasteiger partial charge in [-0.15, -0.1) is 0 Å². The monoisotopic (exact) mass is 417 g/mol. The Kier molecular flexibility index (Phi) is 6.76. The Bertz CT molecular complexity index is 865. The minimum atomic E-state index is -0.0774. The highest BCUT2D eigenvalue weighted by Gasteiger charge is 2.27. The van der Waals surface area contributed by atoms with E-state index in [-0.39, 0.29) is 17.6 Å². The van der Waals surface area contributed by atoms with Crippen LogP contribution in [0.1, 0.15) is 28.8 Å². The molecule has 1 aliphatic rings. The number of ketones is 1. The quantitative estimate of drug-likeness (QED) is 0.499. The second kappa shape index (κ2) is 9.26. The van der Waals surface area contributed by atoms with Crippen molar-refractivity contribution >= 4 is 41.0 Å². The van der Waals surface area contributed by atoms with Gasteiger partial charge in [0, 0.05) is 40.7 Å². The van der Waals surface area contributed by atoms with E-state index in [0.717, 1.165) is 11.3 Å². The number of hydrogen-bond acceptors (Lipinski definition) is 3. The number of carbonyl (C=O) groups is 2. The number of likely N-dealkylation sites (tertiary alicyclic amines) is 1. The molecule has 0 bridgehead atoms. The van der Waals surface area contributed by atoms with Gasteiger partial charge in [-0.3, -0.25) is 9.59 Å². The smallest absolute Gasteiger partial charge is 0.246 e. The van der Waals surface area contributed by atoms with Gasteiger partial charge >= 0.3 is 0 Å². The molecule has 0 spiro atoms. The Balaban J connectivity index is 1.56. The number of piperidine rings is 1. The molecule has 2 aromatic rings. The van der Waals surface area contributed by atoms with Crippen LogP contribution in [-0.4, -0.2) is 36.8 Å². The Morgan fingerprint density at radius 1 is 1.04 bits per heavy atom. The van der Waals surface area contributed by atoms with Gasteiger partial charge in [0.05, 0.1) is 7.11 Å². The minimum absolute atomic E-state index is 0.0619. The standard InChI is InChI=1S/C22H21Cl2NO3/c1-28-20-5-3-16(4-6-20)22(27)17-8-10-25(11-9-17)21(26)7-2-15-12-18(23)14-19(24)13-15/h2-7,12-14,17H,8-11H2,1H3/b7-2+. The summed E-state index contributed by atoms with van der Waals surface area (Å²) in [6, 6.07) is 12.3. The van der Waals surface area contributed by atoms with E-state index in [9.17, 15) is 9.59 Å². The van der Waals surface area contributed by atoms with Crippen molar-refractivity contribution in [2.75, 3.05) is 20.2 Å². The normalized spacial score (nSPS) is 15.0. The molecule has 1 amide bonds. The number of ether oxygens (including phenoxy) is 1. The average Bonchev–Trinajstić information content (AvgIpc) is 2.71. The molecule has 0 aromatic heterocycles. The first-order chi connectivity index (χ1) is 13.5. The lowest BCUT2D eigenvalue weighted by atomic mass is 9.89. The number of nitrogens with zero attached hydrogens (tertiary/aromatic N) is 1. The summed E-state index contributed by atoms with van der Waals surface area (Å²) in [5, 5.41) is 1.05. The zero-order valence-electron chi connectivity index (χ0n) is 15.5. The van der Waals surface area contributed by atoms with E-state index >= 15 is 0 Å². The number of rotatable bonds is 5. The van der Waals surface area contributed by atoms with Gasteiger partial charge in [0.2, 0.25) is 5.91 Å². The fourth-order valence-corrected chi connectivity index (χ4v) is 3.84. The highest BCUT2D eigenvalue weighted by Crippen LogP contribution is 2.24. The number of amides is 1. The summed E-state index contributed by atoms with van der Waals surface area (Å²) in [6.07, 6.45) is 4.54. The molecular formula is C22H21Cl2NO3. The summed E-state index contributed by atoms with van der Waals surface area (Å²) in [6.45, 7) is 1.12. The van der Waals surface area contributed by atoms with Crippen molar-refractivity contribution in [3.8, 4) is 5.75 Å². The van der Waals surface area contributed by atoms with Crippen LogP contribution in [0.3, 0.4) is 0 Å². The molecule has 4 nitrogen and oxygen atoms in total. The van der Waals surface area contributed by atoms with E-state index in [0.29, 0.717) is 41.5 Å². The van der Waals surface area contributed by atoms with Crippen LogP contribution in [0, 0.1) is 5.92 Å². The number of benzene rings is 2. The second-order valence-electron chi connectivity index (χ2n) is 6.73. The summed E-state index contributed by atoms with van der Waals surface area (Å²) >= 11 is 11.9. The van der Waals surface area contributed by atoms with Crippen LogP contribution in [0.5, 0.6) is 5.75 Å². The molecule has 2 aromatic carbocycles. The molecule has 28 heavy (non-hydrogen) atoms. The summed E-state index contributed by atoms with van der Waals surface area (Å²) in [5.74, 6) is 0.711. The van der Waals surface area contributed by atoms with Crippen LogP contribution in [-0.2, 0) is 4.79 Å². The maximum absolute atomic E-state index is 12.7. The number of carbonyl (C=O) groups excluding carboxylic acids is 2. The van der Waals surface area contributed by atoms with Gasteiger partial charge in [-0.1, -0.05) is 23.2 Å². The third kappa shape index (κ3) is 5.15. The molecule has 0 unspecified atom stereocenters. The van der Waals surface area contributed by atoms with Crippen LogP contribution >= 0.6 is 23.2 Å². The third-order valence-corrected chi connectivity index (χ3v) is 5.29. The molecular weight excluding hydrogens is 397 g/mol. The lowest BCUT2D eigenvalue weighted by Gasteiger charge is -2.30. The molecule has 3 rings (SSSR count). The molecule has 1 heterocycles. The van der Waals surface area contributed by atoms with Crippen LogP contribution in [0.4, 0.5) is 0 Å². The van der Waals surface area contributed by atoms with Crippen LogP contribution in [0.15, 0.2) is 48.5 Å². The van der Waals surface area contributed by atoms with E-state index < -0.39 is 0 Å². The molecule has 0 radical (unpaired) electrons. The number of hydrogen-bond donors (Lipinski definition) is 0. The molecule has 6 heteroatoms. The maximum atomic E-state index is 12.7. The van der Waals surface area contributed by atoms with Crippen LogP contribution < -0.4 is 4.74 Å². The van der Waals surface area contributed by atoms with Crippen molar-refractivity contribution in [3.63, 3.8) is 0 Å². The van der Waals surface area contributed by atoms with Crippen molar-refractivity contribution in [1.82, 2.24) is 4.90 Å². The van der Waals surface area contributed by atoms with E-state index in [1.165, 1.54) is 6.08 Å². The molecule has 1 saturated heterocycles. The molecule has 0 N–H and O–H groups in total. The maximum Gasteiger partial charge on any atom is 0.246 e. The van der Waals surface area contributed by atoms with Gasteiger partial charge in [0.15, 0.2) is 5.78 Å². The Morgan fingerprint density at radius 3 is 2.21 bits per heavy atom. The zero-order valence-corrected chi connectivity index (χ0v) is 17.0. The van der Waals surface area contributed by atoms with Crippen LogP contribution in [0.25, 0.3) is 6.08 Å². The van der Waals surface area contributed by atoms with E-state index in [1.807, 2.05) is 0 Å². The van der Waals surface area contributed by atoms with Crippen molar-refractivity contribution < 1.29 is 14.3 Å². The lowest BCUT2D eigenvalue weighted by molar-refractivity contribution is -0.127. The highest BCUT2D eigenvalue weighted by molar-refractivity contribution is 6.34. The Hall–Kier alpha value is -2.30. The predicted molar refractivity (Wildman–Crippen MR) is 112 cm³/mol. The fraction of sp³-hybridized carbons (Fsp3) is 0.273. The SMILES string of the molecule is COc1ccc(C(=O)C2CCN(C(=O)/C=C/c3cc(Cl)cc(Cl)c3)CC2)cc1. The van der Waals surface area contributed by atoms with Gasteiger partial charge < -0.3 is 9.64 Å². The number of methoxy groups -OCH3 is 1. The molecule has 0 aliphatic carbocycles. The molecule has 146 valence electrons. The summed E-state index contributed by atoms with van der Waals surface area (Å²) < 4.78 is 5.13. The fourth-order valence-electron chi connectivity index (χ4n) is 3.30. The number of Topliss-reactive ketones (excluding diaryl/α,β-unsaturated/α-hetero) is 1. The van der Waals surface area contributed by atoms with Gasteiger partial charge in [-0.25, -0.2) is 0 Å². The first-order valence-electron chi connectivity index (χ1n) is 9.07. The number of halogens is 2. The summed E-state index contributed by atoms with van der Waals surface area (Å²) in [4.78, 5) is 26.9. The van der Waals surface area contributed by atoms with E-state index in [2.05, 4.69) is 0 Å². The molecule has 1 aliphatic heterocycles. The zero-order chi connectivity index (χ0) is 20.1. The van der Waals surface area contributed by atoms with Gasteiger partial charge in [-0.2, -0.15) is 0 Å². The van der Waals surface area contributed by atoms with E-state index in [4.69, 9.17) is 27.9 Å². The van der Waals surface area contributed by atoms with Crippen molar-refractivity contribution in [2.24, 2.45) is 5.92 Å². The summed E-state index contributed by atoms with van der Waals surface area (Å²) in [7, 11) is 1.60. The topological polar surface area (TPSA) is 46.6 Å². The predicted octanol–water partition coefficient (Wildman–Crippen LogP) is 5.14. The molecule has 1 fully saturated rings. The van der Waals surface area contributed by atoms with Gasteiger partial charge in [0.1, 0.15) is 5.75 Å². The van der Waals surface area contributed by atoms with Crippen molar-refractivity contribution in [2.45, 2.75) is 12.8 Å². The second-order valence-corrected chi connectivity index (χ2v) is 7.60. The third-order valence-electron chi connectivity index (χ3n) is 4.86. The van der Waals surface area contributed by atoms with Gasteiger partial charge in [0.25, 0.3) is 0 Å².